The molecule has 1 aliphatic heterocycles. The molecular formula is C10H8N4O4. The van der Waals surface area contributed by atoms with E-state index in [1.54, 1.807) is 0 Å². The Hall–Kier alpha value is -2.77. The quantitative estimate of drug-likeness (QED) is 0.365. The predicted molar refractivity (Wildman–Crippen MR) is 60.9 cm³/mol. The van der Waals surface area contributed by atoms with Gasteiger partial charge in [0, 0.05) is 6.04 Å². The van der Waals surface area contributed by atoms with Crippen molar-refractivity contribution in [1.82, 2.24) is 10.3 Å². The highest BCUT2D eigenvalue weighted by Crippen LogP contribution is 2.15. The zero-order valence-electron chi connectivity index (χ0n) is 12.8. The van der Waals surface area contributed by atoms with Gasteiger partial charge in [-0.2, -0.15) is 5.10 Å². The number of rotatable bonds is 3. The lowest BCUT2D eigenvalue weighted by Crippen LogP contribution is -2.24. The molecule has 1 aromatic rings. The van der Waals surface area contributed by atoms with Crippen LogP contribution < -0.4 is 5.32 Å². The third-order valence-corrected chi connectivity index (χ3v) is 1.98. The van der Waals surface area contributed by atoms with Gasteiger partial charge in [0.15, 0.2) is 0 Å². The van der Waals surface area contributed by atoms with Gasteiger partial charge >= 0.3 is 6.03 Å². The van der Waals surface area contributed by atoms with E-state index in [0.717, 1.165) is 6.21 Å². The van der Waals surface area contributed by atoms with E-state index in [1.807, 2.05) is 5.32 Å². The summed E-state index contributed by atoms with van der Waals surface area (Å²) in [6.07, 6.45) is 0.758. The first-order chi connectivity index (χ1) is 10.2. The van der Waals surface area contributed by atoms with E-state index in [1.165, 1.54) is 0 Å². The molecule has 0 unspecified atom stereocenters. The Morgan fingerprint density at radius 2 is 2.22 bits per heavy atom. The second-order valence-electron chi connectivity index (χ2n) is 3.17. The van der Waals surface area contributed by atoms with Gasteiger partial charge in [-0.1, -0.05) is 12.1 Å². The molecule has 0 radical (unpaired) electrons. The van der Waals surface area contributed by atoms with Crippen LogP contribution in [0.1, 0.15) is 11.0 Å². The lowest BCUT2D eigenvalue weighted by molar-refractivity contribution is -0.385. The molecule has 3 amide bonds. The fraction of sp³-hybridized carbons (Fsp3) is 0.100. The molecule has 1 fully saturated rings. The summed E-state index contributed by atoms with van der Waals surface area (Å²) in [6.45, 7) is -0.380. The number of urea groups is 1. The van der Waals surface area contributed by atoms with Gasteiger partial charge in [-0.05, 0) is 6.04 Å². The molecule has 0 aliphatic carbocycles. The van der Waals surface area contributed by atoms with Crippen molar-refractivity contribution in [1.29, 1.82) is 0 Å². The van der Waals surface area contributed by atoms with E-state index in [-0.39, 0.29) is 6.54 Å². The van der Waals surface area contributed by atoms with E-state index in [4.69, 9.17) is 5.48 Å². The van der Waals surface area contributed by atoms with Gasteiger partial charge < -0.3 is 0 Å². The summed E-state index contributed by atoms with van der Waals surface area (Å²) in [5.74, 6) is -0.605. The molecule has 1 aromatic carbocycles. The predicted octanol–water partition coefficient (Wildman–Crippen LogP) is 0.480. The summed E-state index contributed by atoms with van der Waals surface area (Å²) in [6, 6.07) is -3.73. The highest BCUT2D eigenvalue weighted by Gasteiger charge is 2.26. The van der Waals surface area contributed by atoms with Crippen molar-refractivity contribution in [3.8, 4) is 0 Å². The van der Waals surface area contributed by atoms with Gasteiger partial charge in [-0.15, -0.1) is 0 Å². The van der Waals surface area contributed by atoms with Crippen molar-refractivity contribution in [3.63, 3.8) is 0 Å². The summed E-state index contributed by atoms with van der Waals surface area (Å²) in [7, 11) is 0. The molecule has 92 valence electrons. The Bertz CT molecular complexity index is 736. The molecule has 0 spiro atoms. The maximum Gasteiger partial charge on any atom is 0.344 e. The monoisotopic (exact) mass is 252 g/mol. The molecule has 8 nitrogen and oxygen atoms in total. The number of nitro benzene ring substituents is 1. The lowest BCUT2D eigenvalue weighted by Gasteiger charge is -2.04. The molecular weight excluding hydrogens is 240 g/mol. The van der Waals surface area contributed by atoms with Crippen LogP contribution in [0.5, 0.6) is 0 Å². The highest BCUT2D eigenvalue weighted by molar-refractivity contribution is 6.02. The number of para-hydroxylation sites is 1. The van der Waals surface area contributed by atoms with Gasteiger partial charge in [-0.25, -0.2) is 9.80 Å². The number of carbonyl (C=O) groups is 2. The molecule has 18 heavy (non-hydrogen) atoms. The highest BCUT2D eigenvalue weighted by atomic mass is 16.6. The van der Waals surface area contributed by atoms with E-state index in [0.29, 0.717) is 5.01 Å². The van der Waals surface area contributed by atoms with Crippen molar-refractivity contribution in [2.45, 2.75) is 0 Å². The van der Waals surface area contributed by atoms with Crippen LogP contribution in [-0.2, 0) is 4.79 Å². The first-order valence-corrected chi connectivity index (χ1v) is 4.64. The molecule has 0 bridgehead atoms. The molecule has 8 heteroatoms. The number of benzene rings is 1. The Morgan fingerprint density at radius 1 is 1.50 bits per heavy atom. The van der Waals surface area contributed by atoms with Gasteiger partial charge in [0.2, 0.25) is 5.91 Å². The van der Waals surface area contributed by atoms with Crippen LogP contribution in [0.2, 0.25) is 0 Å². The van der Waals surface area contributed by atoms with Crippen LogP contribution in [0.25, 0.3) is 0 Å². The zero-order valence-corrected chi connectivity index (χ0v) is 8.76. The van der Waals surface area contributed by atoms with Gasteiger partial charge in [0.25, 0.3) is 5.69 Å². The normalized spacial score (nSPS) is 18.3. The third-order valence-electron chi connectivity index (χ3n) is 1.98. The van der Waals surface area contributed by atoms with E-state index in [2.05, 4.69) is 5.10 Å². The smallest absolute Gasteiger partial charge is 0.275 e. The van der Waals surface area contributed by atoms with Crippen molar-refractivity contribution >= 4 is 23.8 Å². The number of hydrazone groups is 1. The third kappa shape index (κ3) is 2.32. The van der Waals surface area contributed by atoms with Crippen LogP contribution in [0.4, 0.5) is 10.5 Å². The Kier molecular flexibility index (Phi) is 1.93. The summed E-state index contributed by atoms with van der Waals surface area (Å²) in [5.41, 5.74) is -1.34. The van der Waals surface area contributed by atoms with Crippen molar-refractivity contribution < 1.29 is 20.0 Å². The Morgan fingerprint density at radius 3 is 2.83 bits per heavy atom. The van der Waals surface area contributed by atoms with Crippen LogP contribution in [0.3, 0.4) is 0 Å². The topological polar surface area (TPSA) is 105 Å². The molecule has 1 saturated heterocycles. The minimum absolute atomic E-state index is 0.380. The standard InChI is InChI=1S/C10H8N4O4/c15-9-6-13(10(16)12-9)11-5-7-3-1-2-4-8(7)14(17)18/h1-5H,6H2,(H,12,15,16)/b11-5+/i1D,2D,3D,4D. The number of hydrogen-bond acceptors (Lipinski definition) is 5. The maximum absolute atomic E-state index is 11.3. The summed E-state index contributed by atoms with van der Waals surface area (Å²) >= 11 is 0. The fourth-order valence-corrected chi connectivity index (χ4v) is 1.20. The SMILES string of the molecule is [2H]c1c([2H])c([2H])c([N+](=O)[O-])c(/C=N/N2CC(=O)NC2=O)c1[2H]. The second kappa shape index (κ2) is 4.62. The summed E-state index contributed by atoms with van der Waals surface area (Å²) < 4.78 is 30.1. The minimum Gasteiger partial charge on any atom is -0.275 e. The first-order valence-electron chi connectivity index (χ1n) is 6.64. The Labute approximate surface area is 107 Å². The van der Waals surface area contributed by atoms with Crippen molar-refractivity contribution in [2.75, 3.05) is 6.54 Å². The van der Waals surface area contributed by atoms with Crippen LogP contribution in [0.15, 0.2) is 29.3 Å². The molecule has 0 saturated carbocycles. The van der Waals surface area contributed by atoms with E-state index >= 15 is 0 Å². The average molecular weight is 252 g/mol. The van der Waals surface area contributed by atoms with Crippen LogP contribution in [-0.4, -0.2) is 34.6 Å². The second-order valence-corrected chi connectivity index (χ2v) is 3.17. The van der Waals surface area contributed by atoms with E-state index in [9.17, 15) is 19.7 Å². The number of nitrogens with zero attached hydrogens (tertiary/aromatic N) is 3. The summed E-state index contributed by atoms with van der Waals surface area (Å²) in [4.78, 5) is 32.3. The number of amides is 3. The minimum atomic E-state index is -0.964. The van der Waals surface area contributed by atoms with E-state index < -0.39 is 52.3 Å². The van der Waals surface area contributed by atoms with Gasteiger partial charge in [0.1, 0.15) is 6.54 Å². The average Bonchev–Trinajstić information content (AvgIpc) is 2.76. The number of hydrogen-bond donors (Lipinski definition) is 1. The van der Waals surface area contributed by atoms with Crippen LogP contribution >= 0.6 is 0 Å². The van der Waals surface area contributed by atoms with Crippen LogP contribution in [0, 0.1) is 10.1 Å². The van der Waals surface area contributed by atoms with Crippen molar-refractivity contribution in [3.05, 3.63) is 39.8 Å². The molecule has 2 rings (SSSR count). The molecule has 1 heterocycles. The number of nitro groups is 1. The summed E-state index contributed by atoms with van der Waals surface area (Å²) in [5, 5.41) is 17.2. The number of imide groups is 1. The first kappa shape index (κ1) is 7.54. The maximum atomic E-state index is 11.3. The van der Waals surface area contributed by atoms with Gasteiger partial charge in [0.05, 0.1) is 22.2 Å². The fourth-order valence-electron chi connectivity index (χ4n) is 1.20. The largest absolute Gasteiger partial charge is 0.344 e. The number of carbonyl (C=O) groups excluding carboxylic acids is 2. The lowest BCUT2D eigenvalue weighted by atomic mass is 10.2. The van der Waals surface area contributed by atoms with Crippen molar-refractivity contribution in [2.24, 2.45) is 5.10 Å². The Balaban J connectivity index is 2.53. The zero-order chi connectivity index (χ0) is 16.6. The molecule has 1 aliphatic rings. The van der Waals surface area contributed by atoms with Gasteiger partial charge in [-0.3, -0.25) is 20.2 Å². The molecule has 0 aromatic heterocycles. The molecule has 0 atom stereocenters. The number of nitrogens with one attached hydrogen (secondary N) is 1. The molecule has 1 N–H and O–H groups in total.